The lowest BCUT2D eigenvalue weighted by atomic mass is 10.1. The molecule has 0 radical (unpaired) electrons. The molecule has 3 N–H and O–H groups in total. The summed E-state index contributed by atoms with van der Waals surface area (Å²) in [6.45, 7) is 6.56. The minimum Gasteiger partial charge on any atom is -0.364 e. The summed E-state index contributed by atoms with van der Waals surface area (Å²) in [4.78, 5) is 25.6. The van der Waals surface area contributed by atoms with Gasteiger partial charge in [-0.15, -0.1) is 0 Å². The van der Waals surface area contributed by atoms with Gasteiger partial charge in [0.15, 0.2) is 0 Å². The molecule has 1 aliphatic heterocycles. The van der Waals surface area contributed by atoms with Crippen LogP contribution in [0.3, 0.4) is 0 Å². The number of ether oxygens (including phenoxy) is 1. The standard InChI is InChI=1S/C18H27N3O3/c1-12(2)21(13(3)22)11-14-4-6-15(7-5-14)20-18(23)17-9-8-16(10-19)24-17/h4-7,12,16-17H,8-11,19H2,1-3H3,(H,20,23)/t16-,17+/m1/s1. The average Bonchev–Trinajstić information content (AvgIpc) is 3.02. The van der Waals surface area contributed by atoms with Crippen LogP contribution in [-0.2, 0) is 20.9 Å². The van der Waals surface area contributed by atoms with E-state index in [9.17, 15) is 9.59 Å². The van der Waals surface area contributed by atoms with Crippen LogP contribution in [0.1, 0.15) is 39.2 Å². The van der Waals surface area contributed by atoms with Gasteiger partial charge in [-0.2, -0.15) is 0 Å². The largest absolute Gasteiger partial charge is 0.364 e. The number of carbonyl (C=O) groups is 2. The fourth-order valence-corrected chi connectivity index (χ4v) is 2.84. The van der Waals surface area contributed by atoms with Crippen LogP contribution in [0.4, 0.5) is 5.69 Å². The second kappa shape index (κ2) is 8.26. The Kier molecular flexibility index (Phi) is 6.34. The van der Waals surface area contributed by atoms with Crippen molar-refractivity contribution in [3.63, 3.8) is 0 Å². The Hall–Kier alpha value is -1.92. The van der Waals surface area contributed by atoms with Crippen molar-refractivity contribution in [1.82, 2.24) is 4.90 Å². The Morgan fingerprint density at radius 3 is 2.46 bits per heavy atom. The minimum absolute atomic E-state index is 0.0169. The zero-order valence-electron chi connectivity index (χ0n) is 14.6. The van der Waals surface area contributed by atoms with Crippen LogP contribution in [0.25, 0.3) is 0 Å². The maximum atomic E-state index is 12.2. The summed E-state index contributed by atoms with van der Waals surface area (Å²) in [6.07, 6.45) is 1.08. The lowest BCUT2D eigenvalue weighted by molar-refractivity contribution is -0.131. The van der Waals surface area contributed by atoms with Crippen LogP contribution in [0.2, 0.25) is 0 Å². The topological polar surface area (TPSA) is 84.7 Å². The second-order valence-corrected chi connectivity index (χ2v) is 6.49. The van der Waals surface area contributed by atoms with E-state index in [0.29, 0.717) is 19.5 Å². The van der Waals surface area contributed by atoms with Crippen molar-refractivity contribution >= 4 is 17.5 Å². The van der Waals surface area contributed by atoms with Gasteiger partial charge in [0.2, 0.25) is 5.91 Å². The van der Waals surface area contributed by atoms with Gasteiger partial charge in [-0.25, -0.2) is 0 Å². The van der Waals surface area contributed by atoms with Gasteiger partial charge in [-0.1, -0.05) is 12.1 Å². The maximum absolute atomic E-state index is 12.2. The summed E-state index contributed by atoms with van der Waals surface area (Å²) in [5, 5.41) is 2.87. The van der Waals surface area contributed by atoms with Crippen LogP contribution in [0.15, 0.2) is 24.3 Å². The van der Waals surface area contributed by atoms with Gasteiger partial charge in [0.25, 0.3) is 5.91 Å². The first-order valence-electron chi connectivity index (χ1n) is 8.43. The summed E-state index contributed by atoms with van der Waals surface area (Å²) >= 11 is 0. The molecule has 0 saturated carbocycles. The lowest BCUT2D eigenvalue weighted by Crippen LogP contribution is -2.34. The number of hydrogen-bond acceptors (Lipinski definition) is 4. The van der Waals surface area contributed by atoms with Crippen LogP contribution in [-0.4, -0.2) is 41.5 Å². The highest BCUT2D eigenvalue weighted by Gasteiger charge is 2.29. The van der Waals surface area contributed by atoms with Crippen molar-refractivity contribution in [2.24, 2.45) is 5.73 Å². The predicted octanol–water partition coefficient (Wildman–Crippen LogP) is 1.89. The van der Waals surface area contributed by atoms with Gasteiger partial charge in [0.1, 0.15) is 6.10 Å². The Labute approximate surface area is 143 Å². The van der Waals surface area contributed by atoms with E-state index in [1.165, 1.54) is 0 Å². The number of hydrogen-bond donors (Lipinski definition) is 2. The predicted molar refractivity (Wildman–Crippen MR) is 93.4 cm³/mol. The number of nitrogens with one attached hydrogen (secondary N) is 1. The molecule has 0 aromatic heterocycles. The molecule has 1 saturated heterocycles. The summed E-state index contributed by atoms with van der Waals surface area (Å²) < 4.78 is 5.59. The molecule has 2 atom stereocenters. The molecule has 2 rings (SSSR count). The van der Waals surface area contributed by atoms with Gasteiger partial charge in [-0.3, -0.25) is 9.59 Å². The highest BCUT2D eigenvalue weighted by Crippen LogP contribution is 2.21. The van der Waals surface area contributed by atoms with E-state index in [0.717, 1.165) is 17.7 Å². The van der Waals surface area contributed by atoms with E-state index >= 15 is 0 Å². The van der Waals surface area contributed by atoms with E-state index in [4.69, 9.17) is 10.5 Å². The van der Waals surface area contributed by atoms with Gasteiger partial charge in [-0.05, 0) is 44.4 Å². The van der Waals surface area contributed by atoms with Crippen molar-refractivity contribution in [3.05, 3.63) is 29.8 Å². The van der Waals surface area contributed by atoms with E-state index in [-0.39, 0.29) is 24.0 Å². The van der Waals surface area contributed by atoms with Gasteiger partial charge >= 0.3 is 0 Å². The fourth-order valence-electron chi connectivity index (χ4n) is 2.84. The zero-order valence-corrected chi connectivity index (χ0v) is 14.6. The third kappa shape index (κ3) is 4.79. The van der Waals surface area contributed by atoms with E-state index in [1.807, 2.05) is 38.1 Å². The van der Waals surface area contributed by atoms with Crippen LogP contribution >= 0.6 is 0 Å². The molecular weight excluding hydrogens is 306 g/mol. The molecule has 0 spiro atoms. The molecule has 1 heterocycles. The molecule has 1 aromatic carbocycles. The third-order valence-corrected chi connectivity index (χ3v) is 4.27. The zero-order chi connectivity index (χ0) is 17.7. The van der Waals surface area contributed by atoms with Crippen molar-refractivity contribution in [2.45, 2.75) is 58.4 Å². The Bertz CT molecular complexity index is 571. The average molecular weight is 333 g/mol. The van der Waals surface area contributed by atoms with E-state index in [1.54, 1.807) is 11.8 Å². The molecule has 0 unspecified atom stereocenters. The van der Waals surface area contributed by atoms with E-state index < -0.39 is 6.10 Å². The monoisotopic (exact) mass is 333 g/mol. The van der Waals surface area contributed by atoms with Gasteiger partial charge in [0, 0.05) is 31.7 Å². The first kappa shape index (κ1) is 18.4. The number of rotatable bonds is 6. The van der Waals surface area contributed by atoms with Crippen LogP contribution in [0.5, 0.6) is 0 Å². The maximum Gasteiger partial charge on any atom is 0.253 e. The Balaban J connectivity index is 1.92. The molecule has 6 heteroatoms. The van der Waals surface area contributed by atoms with Gasteiger partial charge < -0.3 is 20.7 Å². The normalized spacial score (nSPS) is 20.2. The number of anilines is 1. The molecule has 1 aromatic rings. The first-order valence-corrected chi connectivity index (χ1v) is 8.43. The van der Waals surface area contributed by atoms with Crippen molar-refractivity contribution in [2.75, 3.05) is 11.9 Å². The SMILES string of the molecule is CC(=O)N(Cc1ccc(NC(=O)[C@@H]2CC[C@H](CN)O2)cc1)C(C)C. The molecule has 6 nitrogen and oxygen atoms in total. The van der Waals surface area contributed by atoms with Gasteiger partial charge in [0.05, 0.1) is 6.10 Å². The molecular formula is C18H27N3O3. The molecule has 0 aliphatic carbocycles. The minimum atomic E-state index is -0.424. The molecule has 132 valence electrons. The second-order valence-electron chi connectivity index (χ2n) is 6.49. The van der Waals surface area contributed by atoms with Crippen LogP contribution in [0, 0.1) is 0 Å². The fraction of sp³-hybridized carbons (Fsp3) is 0.556. The van der Waals surface area contributed by atoms with E-state index in [2.05, 4.69) is 5.32 Å². The summed E-state index contributed by atoms with van der Waals surface area (Å²) in [5.74, 6) is -0.0820. The molecule has 0 bridgehead atoms. The van der Waals surface area contributed by atoms with Crippen LogP contribution < -0.4 is 11.1 Å². The number of amides is 2. The number of nitrogens with zero attached hydrogens (tertiary/aromatic N) is 1. The van der Waals surface area contributed by atoms with Crippen molar-refractivity contribution in [1.29, 1.82) is 0 Å². The summed E-state index contributed by atoms with van der Waals surface area (Å²) in [7, 11) is 0. The molecule has 24 heavy (non-hydrogen) atoms. The third-order valence-electron chi connectivity index (χ3n) is 4.27. The highest BCUT2D eigenvalue weighted by atomic mass is 16.5. The highest BCUT2D eigenvalue weighted by molar-refractivity contribution is 5.94. The summed E-state index contributed by atoms with van der Waals surface area (Å²) in [5.41, 5.74) is 7.31. The molecule has 1 fully saturated rings. The van der Waals surface area contributed by atoms with Crippen molar-refractivity contribution < 1.29 is 14.3 Å². The number of carbonyl (C=O) groups excluding carboxylic acids is 2. The Morgan fingerprint density at radius 2 is 1.96 bits per heavy atom. The molecule has 1 aliphatic rings. The van der Waals surface area contributed by atoms with Crippen molar-refractivity contribution in [3.8, 4) is 0 Å². The first-order chi connectivity index (χ1) is 11.4. The molecule has 2 amide bonds. The number of benzene rings is 1. The lowest BCUT2D eigenvalue weighted by Gasteiger charge is -2.25. The quantitative estimate of drug-likeness (QED) is 0.832. The summed E-state index contributed by atoms with van der Waals surface area (Å²) in [6, 6.07) is 7.69. The Morgan fingerprint density at radius 1 is 1.29 bits per heavy atom. The number of nitrogens with two attached hydrogens (primary N) is 1. The smallest absolute Gasteiger partial charge is 0.253 e.